The molecule has 0 aliphatic carbocycles. The highest BCUT2D eigenvalue weighted by Gasteiger charge is 2.41. The van der Waals surface area contributed by atoms with Gasteiger partial charge in [-0.25, -0.2) is 0 Å². The van der Waals surface area contributed by atoms with Crippen molar-refractivity contribution in [2.24, 2.45) is 0 Å². The lowest BCUT2D eigenvalue weighted by Crippen LogP contribution is -2.49. The SMILES string of the molecule is CCC1(CC)Oc2cc(Br)ccc2NC1=O. The van der Waals surface area contributed by atoms with E-state index in [0.717, 1.165) is 15.9 Å². The second-order valence-corrected chi connectivity index (χ2v) is 4.81. The molecule has 0 saturated carbocycles. The summed E-state index contributed by atoms with van der Waals surface area (Å²) in [6, 6.07) is 5.61. The minimum Gasteiger partial charge on any atom is -0.475 e. The summed E-state index contributed by atoms with van der Waals surface area (Å²) in [4.78, 5) is 12.0. The lowest BCUT2D eigenvalue weighted by atomic mass is 9.94. The largest absolute Gasteiger partial charge is 0.475 e. The molecule has 0 bridgehead atoms. The average Bonchev–Trinajstić information content (AvgIpc) is 2.29. The summed E-state index contributed by atoms with van der Waals surface area (Å²) in [5, 5.41) is 2.90. The molecular formula is C12H14BrNO2. The fourth-order valence-electron chi connectivity index (χ4n) is 1.89. The second-order valence-electron chi connectivity index (χ2n) is 3.90. The number of halogens is 1. The van der Waals surface area contributed by atoms with E-state index in [1.807, 2.05) is 32.0 Å². The summed E-state index contributed by atoms with van der Waals surface area (Å²) in [5.74, 6) is 0.685. The summed E-state index contributed by atoms with van der Waals surface area (Å²) >= 11 is 3.39. The van der Waals surface area contributed by atoms with Crippen molar-refractivity contribution >= 4 is 27.5 Å². The van der Waals surface area contributed by atoms with Gasteiger partial charge in [-0.3, -0.25) is 4.79 Å². The Hall–Kier alpha value is -1.03. The highest BCUT2D eigenvalue weighted by atomic mass is 79.9. The first kappa shape index (κ1) is 11.5. The molecule has 2 rings (SSSR count). The van der Waals surface area contributed by atoms with Crippen LogP contribution in [0.2, 0.25) is 0 Å². The monoisotopic (exact) mass is 283 g/mol. The van der Waals surface area contributed by atoms with E-state index in [9.17, 15) is 4.79 Å². The van der Waals surface area contributed by atoms with Gasteiger partial charge >= 0.3 is 0 Å². The van der Waals surface area contributed by atoms with E-state index < -0.39 is 5.60 Å². The maximum atomic E-state index is 12.0. The van der Waals surface area contributed by atoms with Crippen LogP contribution in [0.3, 0.4) is 0 Å². The Labute approximate surface area is 103 Å². The lowest BCUT2D eigenvalue weighted by molar-refractivity contribution is -0.133. The Kier molecular flexibility index (Phi) is 2.93. The molecule has 1 heterocycles. The van der Waals surface area contributed by atoms with Crippen molar-refractivity contribution in [1.29, 1.82) is 0 Å². The van der Waals surface area contributed by atoms with Gasteiger partial charge in [-0.05, 0) is 31.0 Å². The summed E-state index contributed by atoms with van der Waals surface area (Å²) in [6.45, 7) is 3.93. The van der Waals surface area contributed by atoms with Crippen LogP contribution in [0.5, 0.6) is 5.75 Å². The van der Waals surface area contributed by atoms with Crippen LogP contribution >= 0.6 is 15.9 Å². The summed E-state index contributed by atoms with van der Waals surface area (Å²) in [5.41, 5.74) is 0.0269. The molecule has 0 saturated heterocycles. The van der Waals surface area contributed by atoms with Gasteiger partial charge in [-0.2, -0.15) is 0 Å². The van der Waals surface area contributed by atoms with Crippen molar-refractivity contribution in [1.82, 2.24) is 0 Å². The molecule has 1 aliphatic rings. The van der Waals surface area contributed by atoms with E-state index >= 15 is 0 Å². The third-order valence-electron chi connectivity index (χ3n) is 3.05. The average molecular weight is 284 g/mol. The molecular weight excluding hydrogens is 270 g/mol. The normalized spacial score (nSPS) is 17.3. The van der Waals surface area contributed by atoms with Crippen LogP contribution in [0.4, 0.5) is 5.69 Å². The Morgan fingerprint density at radius 2 is 2.06 bits per heavy atom. The third-order valence-corrected chi connectivity index (χ3v) is 3.55. The van der Waals surface area contributed by atoms with Crippen LogP contribution in [0.1, 0.15) is 26.7 Å². The summed E-state index contributed by atoms with van der Waals surface area (Å²) in [6.07, 6.45) is 1.34. The highest BCUT2D eigenvalue weighted by molar-refractivity contribution is 9.10. The first-order valence-corrected chi connectivity index (χ1v) is 6.20. The van der Waals surface area contributed by atoms with Crippen LogP contribution < -0.4 is 10.1 Å². The van der Waals surface area contributed by atoms with E-state index in [-0.39, 0.29) is 5.91 Å². The molecule has 0 aromatic heterocycles. The zero-order chi connectivity index (χ0) is 11.8. The molecule has 16 heavy (non-hydrogen) atoms. The van der Waals surface area contributed by atoms with E-state index in [2.05, 4.69) is 21.2 Å². The zero-order valence-corrected chi connectivity index (χ0v) is 10.9. The van der Waals surface area contributed by atoms with Crippen LogP contribution in [0.15, 0.2) is 22.7 Å². The van der Waals surface area contributed by atoms with Crippen molar-refractivity contribution in [3.8, 4) is 5.75 Å². The number of rotatable bonds is 2. The molecule has 1 aromatic carbocycles. The first-order valence-electron chi connectivity index (χ1n) is 5.41. The lowest BCUT2D eigenvalue weighted by Gasteiger charge is -2.36. The predicted octanol–water partition coefficient (Wildman–Crippen LogP) is 3.34. The number of benzene rings is 1. The van der Waals surface area contributed by atoms with Gasteiger partial charge in [0.15, 0.2) is 5.60 Å². The molecule has 86 valence electrons. The van der Waals surface area contributed by atoms with Gasteiger partial charge in [-0.15, -0.1) is 0 Å². The molecule has 1 aromatic rings. The molecule has 1 aliphatic heterocycles. The predicted molar refractivity (Wildman–Crippen MR) is 66.7 cm³/mol. The quantitative estimate of drug-likeness (QED) is 0.904. The van der Waals surface area contributed by atoms with Crippen molar-refractivity contribution in [3.63, 3.8) is 0 Å². The van der Waals surface area contributed by atoms with Gasteiger partial charge in [0.05, 0.1) is 5.69 Å². The first-order chi connectivity index (χ1) is 7.61. The van der Waals surface area contributed by atoms with Gasteiger partial charge < -0.3 is 10.1 Å². The fraction of sp³-hybridized carbons (Fsp3) is 0.417. The Morgan fingerprint density at radius 3 is 2.69 bits per heavy atom. The minimum absolute atomic E-state index is 0.0488. The molecule has 0 radical (unpaired) electrons. The summed E-state index contributed by atoms with van der Waals surface area (Å²) < 4.78 is 6.82. The van der Waals surface area contributed by atoms with Crippen molar-refractivity contribution < 1.29 is 9.53 Å². The van der Waals surface area contributed by atoms with E-state index in [1.165, 1.54) is 0 Å². The van der Waals surface area contributed by atoms with Gasteiger partial charge in [0.25, 0.3) is 5.91 Å². The van der Waals surface area contributed by atoms with Crippen LogP contribution in [-0.4, -0.2) is 11.5 Å². The number of carbonyl (C=O) groups is 1. The van der Waals surface area contributed by atoms with Crippen molar-refractivity contribution in [3.05, 3.63) is 22.7 Å². The van der Waals surface area contributed by atoms with E-state index in [4.69, 9.17) is 4.74 Å². The number of amides is 1. The Bertz CT molecular complexity index is 427. The molecule has 0 spiro atoms. The van der Waals surface area contributed by atoms with Crippen LogP contribution in [0, 0.1) is 0 Å². The number of nitrogens with one attached hydrogen (secondary N) is 1. The number of carbonyl (C=O) groups excluding carboxylic acids is 1. The van der Waals surface area contributed by atoms with Crippen LogP contribution in [-0.2, 0) is 4.79 Å². The number of anilines is 1. The molecule has 3 nitrogen and oxygen atoms in total. The van der Waals surface area contributed by atoms with Gasteiger partial charge in [0, 0.05) is 4.47 Å². The van der Waals surface area contributed by atoms with Gasteiger partial charge in [-0.1, -0.05) is 29.8 Å². The molecule has 1 amide bonds. The van der Waals surface area contributed by atoms with E-state index in [1.54, 1.807) is 0 Å². The number of ether oxygens (including phenoxy) is 1. The molecule has 0 unspecified atom stereocenters. The van der Waals surface area contributed by atoms with Crippen molar-refractivity contribution in [2.75, 3.05) is 5.32 Å². The molecule has 0 fully saturated rings. The number of hydrogen-bond acceptors (Lipinski definition) is 2. The number of fused-ring (bicyclic) bond motifs is 1. The third kappa shape index (κ3) is 1.71. The zero-order valence-electron chi connectivity index (χ0n) is 9.34. The standard InChI is InChI=1S/C12H14BrNO2/c1-3-12(4-2)11(15)14-9-6-5-8(13)7-10(9)16-12/h5-7H,3-4H2,1-2H3,(H,14,15). The molecule has 4 heteroatoms. The maximum absolute atomic E-state index is 12.0. The van der Waals surface area contributed by atoms with E-state index in [0.29, 0.717) is 12.8 Å². The minimum atomic E-state index is -0.714. The maximum Gasteiger partial charge on any atom is 0.268 e. The van der Waals surface area contributed by atoms with Crippen molar-refractivity contribution in [2.45, 2.75) is 32.3 Å². The molecule has 0 atom stereocenters. The fourth-order valence-corrected chi connectivity index (χ4v) is 2.23. The number of hydrogen-bond donors (Lipinski definition) is 1. The molecule has 1 N–H and O–H groups in total. The highest BCUT2D eigenvalue weighted by Crippen LogP contribution is 2.38. The van der Waals surface area contributed by atoms with Gasteiger partial charge in [0.2, 0.25) is 0 Å². The topological polar surface area (TPSA) is 38.3 Å². The summed E-state index contributed by atoms with van der Waals surface area (Å²) in [7, 11) is 0. The Balaban J connectivity index is 2.43. The smallest absolute Gasteiger partial charge is 0.268 e. The van der Waals surface area contributed by atoms with Crippen LogP contribution in [0.25, 0.3) is 0 Å². The Morgan fingerprint density at radius 1 is 1.38 bits per heavy atom. The second kappa shape index (κ2) is 4.09. The van der Waals surface area contributed by atoms with Gasteiger partial charge in [0.1, 0.15) is 5.75 Å².